The fraction of sp³-hybridized carbons (Fsp3) is 0.615. The van der Waals surface area contributed by atoms with Crippen LogP contribution in [0.2, 0.25) is 0 Å². The summed E-state index contributed by atoms with van der Waals surface area (Å²) in [6, 6.07) is 3.79. The monoisotopic (exact) mass is 254 g/mol. The summed E-state index contributed by atoms with van der Waals surface area (Å²) in [6.45, 7) is 0.665. The molecule has 1 atom stereocenters. The zero-order valence-corrected chi connectivity index (χ0v) is 11.1. The molecule has 1 unspecified atom stereocenters. The molecule has 0 saturated heterocycles. The van der Waals surface area contributed by atoms with E-state index in [-0.39, 0.29) is 18.6 Å². The van der Waals surface area contributed by atoms with Crippen molar-refractivity contribution in [1.82, 2.24) is 10.2 Å². The lowest BCUT2D eigenvalue weighted by Gasteiger charge is -2.22. The number of hydrogen-bond donors (Lipinski definition) is 2. The first-order valence-corrected chi connectivity index (χ1v) is 6.22. The summed E-state index contributed by atoms with van der Waals surface area (Å²) in [7, 11) is 3.90. The van der Waals surface area contributed by atoms with Crippen molar-refractivity contribution in [3.05, 3.63) is 24.2 Å². The summed E-state index contributed by atoms with van der Waals surface area (Å²) >= 11 is 0. The van der Waals surface area contributed by atoms with E-state index in [4.69, 9.17) is 9.52 Å². The molecule has 2 N–H and O–H groups in total. The Kier molecular flexibility index (Phi) is 6.46. The van der Waals surface area contributed by atoms with Crippen molar-refractivity contribution in [2.75, 3.05) is 27.2 Å². The summed E-state index contributed by atoms with van der Waals surface area (Å²) in [4.78, 5) is 13.6. The van der Waals surface area contributed by atoms with Gasteiger partial charge in [0.2, 0.25) is 5.91 Å². The Hall–Kier alpha value is -1.33. The van der Waals surface area contributed by atoms with Crippen LogP contribution in [0.25, 0.3) is 0 Å². The number of nitrogens with zero attached hydrogens (tertiary/aromatic N) is 1. The molecule has 1 amide bonds. The minimum absolute atomic E-state index is 0.0156. The van der Waals surface area contributed by atoms with Gasteiger partial charge in [0.15, 0.2) is 0 Å². The molecule has 0 spiro atoms. The topological polar surface area (TPSA) is 65.7 Å². The molecule has 5 heteroatoms. The first-order chi connectivity index (χ1) is 8.65. The van der Waals surface area contributed by atoms with Gasteiger partial charge in [0.05, 0.1) is 12.3 Å². The molecule has 1 heterocycles. The van der Waals surface area contributed by atoms with E-state index in [1.54, 1.807) is 6.26 Å². The molecule has 18 heavy (non-hydrogen) atoms. The fourth-order valence-electron chi connectivity index (χ4n) is 1.71. The lowest BCUT2D eigenvalue weighted by Crippen LogP contribution is -2.34. The number of hydrogen-bond acceptors (Lipinski definition) is 4. The van der Waals surface area contributed by atoms with Crippen LogP contribution in [0, 0.1) is 0 Å². The van der Waals surface area contributed by atoms with E-state index in [1.807, 2.05) is 31.1 Å². The predicted molar refractivity (Wildman–Crippen MR) is 69.1 cm³/mol. The maximum Gasteiger partial charge on any atom is 0.220 e. The van der Waals surface area contributed by atoms with Gasteiger partial charge in [-0.2, -0.15) is 0 Å². The summed E-state index contributed by atoms with van der Waals surface area (Å²) in [5, 5.41) is 11.5. The maximum absolute atomic E-state index is 11.6. The van der Waals surface area contributed by atoms with Crippen LogP contribution in [0.15, 0.2) is 22.8 Å². The Bertz CT molecular complexity index is 336. The van der Waals surface area contributed by atoms with Gasteiger partial charge >= 0.3 is 0 Å². The minimum atomic E-state index is 0.0156. The third kappa shape index (κ3) is 4.89. The van der Waals surface area contributed by atoms with Crippen molar-refractivity contribution in [2.24, 2.45) is 0 Å². The highest BCUT2D eigenvalue weighted by Gasteiger charge is 2.17. The first-order valence-electron chi connectivity index (χ1n) is 6.22. The average Bonchev–Trinajstić information content (AvgIpc) is 2.83. The first kappa shape index (κ1) is 14.7. The fourth-order valence-corrected chi connectivity index (χ4v) is 1.71. The van der Waals surface area contributed by atoms with Crippen LogP contribution in [0.3, 0.4) is 0 Å². The van der Waals surface area contributed by atoms with Crippen LogP contribution in [0.5, 0.6) is 0 Å². The van der Waals surface area contributed by atoms with Crippen LogP contribution in [-0.2, 0) is 4.79 Å². The van der Waals surface area contributed by atoms with Crippen LogP contribution in [-0.4, -0.2) is 43.2 Å². The van der Waals surface area contributed by atoms with E-state index in [2.05, 4.69) is 5.32 Å². The van der Waals surface area contributed by atoms with E-state index in [0.29, 0.717) is 19.4 Å². The van der Waals surface area contributed by atoms with Gasteiger partial charge in [-0.15, -0.1) is 0 Å². The summed E-state index contributed by atoms with van der Waals surface area (Å²) in [6.07, 6.45) is 3.48. The van der Waals surface area contributed by atoms with Crippen molar-refractivity contribution >= 4 is 5.91 Å². The number of unbranched alkanes of at least 4 members (excludes halogenated alkanes) is 1. The molecule has 1 aromatic rings. The molecule has 1 rings (SSSR count). The third-order valence-corrected chi connectivity index (χ3v) is 2.80. The van der Waals surface area contributed by atoms with E-state index in [0.717, 1.165) is 12.2 Å². The second kappa shape index (κ2) is 7.89. The molecule has 5 nitrogen and oxygen atoms in total. The lowest BCUT2D eigenvalue weighted by molar-refractivity contribution is -0.121. The highest BCUT2D eigenvalue weighted by Crippen LogP contribution is 2.17. The minimum Gasteiger partial charge on any atom is -0.468 e. The van der Waals surface area contributed by atoms with Gasteiger partial charge in [0, 0.05) is 19.6 Å². The molecule has 0 fully saturated rings. The number of furan rings is 1. The Morgan fingerprint density at radius 1 is 1.50 bits per heavy atom. The zero-order valence-electron chi connectivity index (χ0n) is 11.1. The Morgan fingerprint density at radius 3 is 2.83 bits per heavy atom. The predicted octanol–water partition coefficient (Wildman–Crippen LogP) is 1.16. The lowest BCUT2D eigenvalue weighted by atomic mass is 10.2. The highest BCUT2D eigenvalue weighted by atomic mass is 16.3. The molecule has 0 aromatic carbocycles. The number of carbonyl (C=O) groups excluding carboxylic acids is 1. The molecule has 0 bridgehead atoms. The molecule has 0 aliphatic carbocycles. The molecular formula is C13H22N2O3. The second-order valence-corrected chi connectivity index (χ2v) is 4.48. The van der Waals surface area contributed by atoms with Crippen molar-refractivity contribution in [1.29, 1.82) is 0 Å². The molecule has 0 radical (unpaired) electrons. The summed E-state index contributed by atoms with van der Waals surface area (Å²) < 4.78 is 5.36. The Labute approximate surface area is 108 Å². The standard InChI is InChI=1S/C13H22N2O3/c1-15(2)11(12-6-5-9-18-12)10-14-13(17)7-3-4-8-16/h5-6,9,11,16H,3-4,7-8,10H2,1-2H3,(H,14,17). The van der Waals surface area contributed by atoms with Crippen molar-refractivity contribution < 1.29 is 14.3 Å². The SMILES string of the molecule is CN(C)C(CNC(=O)CCCCO)c1ccco1. The van der Waals surface area contributed by atoms with Crippen molar-refractivity contribution in [3.63, 3.8) is 0 Å². The highest BCUT2D eigenvalue weighted by molar-refractivity contribution is 5.75. The van der Waals surface area contributed by atoms with Gasteiger partial charge in [0.25, 0.3) is 0 Å². The maximum atomic E-state index is 11.6. The third-order valence-electron chi connectivity index (χ3n) is 2.80. The van der Waals surface area contributed by atoms with Gasteiger partial charge in [0.1, 0.15) is 5.76 Å². The number of carbonyl (C=O) groups is 1. The number of aliphatic hydroxyl groups excluding tert-OH is 1. The van der Waals surface area contributed by atoms with Crippen LogP contribution >= 0.6 is 0 Å². The smallest absolute Gasteiger partial charge is 0.220 e. The zero-order chi connectivity index (χ0) is 13.4. The number of rotatable bonds is 8. The Morgan fingerprint density at radius 2 is 2.28 bits per heavy atom. The van der Waals surface area contributed by atoms with Gasteiger partial charge in [-0.3, -0.25) is 9.69 Å². The quantitative estimate of drug-likeness (QED) is 0.683. The van der Waals surface area contributed by atoms with Gasteiger partial charge < -0.3 is 14.8 Å². The normalized spacial score (nSPS) is 12.7. The van der Waals surface area contributed by atoms with Gasteiger partial charge in [-0.05, 0) is 39.1 Å². The van der Waals surface area contributed by atoms with Gasteiger partial charge in [-0.1, -0.05) is 0 Å². The molecule has 102 valence electrons. The van der Waals surface area contributed by atoms with E-state index < -0.39 is 0 Å². The van der Waals surface area contributed by atoms with Crippen molar-refractivity contribution in [3.8, 4) is 0 Å². The average molecular weight is 254 g/mol. The van der Waals surface area contributed by atoms with Crippen LogP contribution in [0.1, 0.15) is 31.1 Å². The van der Waals surface area contributed by atoms with Crippen LogP contribution in [0.4, 0.5) is 0 Å². The molecule has 1 aromatic heterocycles. The number of likely N-dealkylation sites (N-methyl/N-ethyl adjacent to an activating group) is 1. The molecule has 0 saturated carbocycles. The Balaban J connectivity index is 2.37. The van der Waals surface area contributed by atoms with E-state index in [9.17, 15) is 4.79 Å². The van der Waals surface area contributed by atoms with E-state index >= 15 is 0 Å². The number of aliphatic hydroxyl groups is 1. The largest absolute Gasteiger partial charge is 0.468 e. The molecule has 0 aliphatic rings. The van der Waals surface area contributed by atoms with E-state index in [1.165, 1.54) is 0 Å². The van der Waals surface area contributed by atoms with Gasteiger partial charge in [-0.25, -0.2) is 0 Å². The number of nitrogens with one attached hydrogen (secondary N) is 1. The summed E-state index contributed by atoms with van der Waals surface area (Å²) in [5.41, 5.74) is 0. The second-order valence-electron chi connectivity index (χ2n) is 4.48. The molecular weight excluding hydrogens is 232 g/mol. The van der Waals surface area contributed by atoms with Crippen LogP contribution < -0.4 is 5.32 Å². The summed E-state index contributed by atoms with van der Waals surface area (Å²) in [5.74, 6) is 0.859. The molecule has 0 aliphatic heterocycles. The van der Waals surface area contributed by atoms with Crippen molar-refractivity contribution in [2.45, 2.75) is 25.3 Å². The number of amides is 1.